The van der Waals surface area contributed by atoms with Gasteiger partial charge >= 0.3 is 0 Å². The van der Waals surface area contributed by atoms with Gasteiger partial charge in [0.15, 0.2) is 0 Å². The van der Waals surface area contributed by atoms with Crippen LogP contribution in [0.4, 0.5) is 17.6 Å². The third-order valence-corrected chi connectivity index (χ3v) is 5.76. The molecular weight excluding hydrogens is 480 g/mol. The molecule has 1 aliphatic heterocycles. The molecule has 1 amide bonds. The lowest BCUT2D eigenvalue weighted by atomic mass is 10.0. The number of nitrogens with one attached hydrogen (secondary N) is 2. The smallest absolute Gasteiger partial charge is 0.270 e. The molecule has 2 heterocycles. The first-order valence-electron chi connectivity index (χ1n) is 11.0. The molecule has 4 aromatic rings. The van der Waals surface area contributed by atoms with Crippen LogP contribution >= 0.6 is 11.6 Å². The average Bonchev–Trinajstić information content (AvgIpc) is 3.30. The number of allylic oxidation sites excluding steroid dienone is 1. The first-order valence-corrected chi connectivity index (χ1v) is 11.3. The summed E-state index contributed by atoms with van der Waals surface area (Å²) in [4.78, 5) is 27.5. The molecular formula is C26H19ClN6O3. The van der Waals surface area contributed by atoms with E-state index in [1.807, 2.05) is 60.7 Å². The minimum atomic E-state index is -0.487. The number of hydrogen-bond acceptors (Lipinski definition) is 6. The highest BCUT2D eigenvalue weighted by atomic mass is 35.5. The van der Waals surface area contributed by atoms with Crippen molar-refractivity contribution in [1.29, 1.82) is 0 Å². The van der Waals surface area contributed by atoms with E-state index in [-0.39, 0.29) is 17.7 Å². The first-order chi connectivity index (χ1) is 17.5. The van der Waals surface area contributed by atoms with Gasteiger partial charge in [-0.25, -0.2) is 4.68 Å². The summed E-state index contributed by atoms with van der Waals surface area (Å²) < 4.78 is 1.69. The van der Waals surface area contributed by atoms with Crippen LogP contribution in [0.1, 0.15) is 22.7 Å². The number of hydrogen-bond donors (Lipinski definition) is 2. The molecule has 0 spiro atoms. The van der Waals surface area contributed by atoms with E-state index >= 15 is 0 Å². The molecule has 0 saturated heterocycles. The van der Waals surface area contributed by atoms with Crippen LogP contribution in [0.3, 0.4) is 0 Å². The van der Waals surface area contributed by atoms with Gasteiger partial charge in [-0.3, -0.25) is 20.2 Å². The second-order valence-corrected chi connectivity index (χ2v) is 8.38. The van der Waals surface area contributed by atoms with Crippen molar-refractivity contribution in [3.63, 3.8) is 0 Å². The molecule has 0 fully saturated rings. The molecule has 0 aliphatic carbocycles. The van der Waals surface area contributed by atoms with Gasteiger partial charge in [0.25, 0.3) is 17.5 Å². The molecule has 10 heteroatoms. The van der Waals surface area contributed by atoms with Crippen LogP contribution in [0.25, 0.3) is 11.8 Å². The minimum absolute atomic E-state index is 0.0537. The molecule has 0 saturated carbocycles. The van der Waals surface area contributed by atoms with E-state index in [4.69, 9.17) is 11.6 Å². The van der Waals surface area contributed by atoms with Crippen molar-refractivity contribution in [2.24, 2.45) is 0 Å². The van der Waals surface area contributed by atoms with Crippen molar-refractivity contribution in [1.82, 2.24) is 14.8 Å². The number of rotatable bonds is 6. The van der Waals surface area contributed by atoms with Gasteiger partial charge in [0.05, 0.1) is 4.92 Å². The topological polar surface area (TPSA) is 115 Å². The van der Waals surface area contributed by atoms with Crippen LogP contribution in [0.5, 0.6) is 0 Å². The van der Waals surface area contributed by atoms with Gasteiger partial charge in [0.1, 0.15) is 6.04 Å². The molecule has 5 rings (SSSR count). The normalized spacial score (nSPS) is 14.6. The Labute approximate surface area is 210 Å². The van der Waals surface area contributed by atoms with Crippen LogP contribution in [-0.2, 0) is 4.79 Å². The summed E-state index contributed by atoms with van der Waals surface area (Å²) >= 11 is 6.09. The lowest BCUT2D eigenvalue weighted by Crippen LogP contribution is -2.20. The molecule has 1 atom stereocenters. The van der Waals surface area contributed by atoms with Crippen LogP contribution in [0.2, 0.25) is 5.02 Å². The predicted molar refractivity (Wildman–Crippen MR) is 138 cm³/mol. The summed E-state index contributed by atoms with van der Waals surface area (Å²) in [5.41, 5.74) is 3.26. The van der Waals surface area contributed by atoms with Crippen molar-refractivity contribution >= 4 is 46.9 Å². The van der Waals surface area contributed by atoms with Gasteiger partial charge < -0.3 is 5.32 Å². The fourth-order valence-corrected chi connectivity index (χ4v) is 3.92. The number of aromatic nitrogens is 3. The SMILES string of the molecule is O=C(C=Cc1cccc([N+](=O)[O-])c1)Nc1nc2n(n1)C(c1ccc(Cl)cc1)C=C(c1ccccc1)N2. The zero-order valence-corrected chi connectivity index (χ0v) is 19.5. The quantitative estimate of drug-likeness (QED) is 0.205. The summed E-state index contributed by atoms with van der Waals surface area (Å²) in [5.74, 6) is 0.117. The second kappa shape index (κ2) is 9.85. The van der Waals surface area contributed by atoms with Crippen molar-refractivity contribution < 1.29 is 9.72 Å². The predicted octanol–water partition coefficient (Wildman–Crippen LogP) is 5.55. The van der Waals surface area contributed by atoms with Gasteiger partial charge in [0, 0.05) is 28.9 Å². The molecule has 0 bridgehead atoms. The highest BCUT2D eigenvalue weighted by Gasteiger charge is 2.25. The van der Waals surface area contributed by atoms with Crippen LogP contribution < -0.4 is 10.6 Å². The molecule has 0 radical (unpaired) electrons. The van der Waals surface area contributed by atoms with Crippen LogP contribution in [0, 0.1) is 10.1 Å². The highest BCUT2D eigenvalue weighted by Crippen LogP contribution is 2.33. The maximum absolute atomic E-state index is 12.5. The molecule has 178 valence electrons. The van der Waals surface area contributed by atoms with E-state index in [0.717, 1.165) is 16.8 Å². The minimum Gasteiger partial charge on any atom is -0.324 e. The molecule has 3 aromatic carbocycles. The number of anilines is 2. The number of halogens is 1. The third-order valence-electron chi connectivity index (χ3n) is 5.51. The first kappa shape index (κ1) is 23.0. The van der Waals surface area contributed by atoms with E-state index in [1.54, 1.807) is 16.8 Å². The van der Waals surface area contributed by atoms with E-state index in [2.05, 4.69) is 20.7 Å². The van der Waals surface area contributed by atoms with E-state index < -0.39 is 10.8 Å². The van der Waals surface area contributed by atoms with Gasteiger partial charge in [-0.2, -0.15) is 4.98 Å². The van der Waals surface area contributed by atoms with Crippen molar-refractivity contribution in [2.75, 3.05) is 10.6 Å². The Morgan fingerprint density at radius 1 is 1.08 bits per heavy atom. The van der Waals surface area contributed by atoms with Gasteiger partial charge in [-0.1, -0.05) is 66.2 Å². The zero-order valence-electron chi connectivity index (χ0n) is 18.7. The van der Waals surface area contributed by atoms with Gasteiger partial charge in [-0.05, 0) is 41.0 Å². The Bertz CT molecular complexity index is 1500. The maximum atomic E-state index is 12.5. The van der Waals surface area contributed by atoms with E-state index in [0.29, 0.717) is 16.5 Å². The number of nitro benzene ring substituents is 1. The molecule has 1 aromatic heterocycles. The van der Waals surface area contributed by atoms with E-state index in [9.17, 15) is 14.9 Å². The van der Waals surface area contributed by atoms with Gasteiger partial charge in [0.2, 0.25) is 5.95 Å². The van der Waals surface area contributed by atoms with Crippen LogP contribution in [0.15, 0.2) is 91.0 Å². The number of benzene rings is 3. The number of fused-ring (bicyclic) bond motifs is 1. The average molecular weight is 499 g/mol. The monoisotopic (exact) mass is 498 g/mol. The van der Waals surface area contributed by atoms with Crippen molar-refractivity contribution in [3.05, 3.63) is 123 Å². The fourth-order valence-electron chi connectivity index (χ4n) is 3.80. The second-order valence-electron chi connectivity index (χ2n) is 7.95. The van der Waals surface area contributed by atoms with E-state index in [1.165, 1.54) is 24.3 Å². The number of non-ortho nitro benzene ring substituents is 1. The molecule has 1 aliphatic rings. The van der Waals surface area contributed by atoms with Gasteiger partial charge in [-0.15, -0.1) is 5.10 Å². The number of carbonyl (C=O) groups is 1. The zero-order chi connectivity index (χ0) is 25.1. The molecule has 1 unspecified atom stereocenters. The lowest BCUT2D eigenvalue weighted by Gasteiger charge is -2.24. The summed E-state index contributed by atoms with van der Waals surface area (Å²) in [7, 11) is 0. The van der Waals surface area contributed by atoms with Crippen molar-refractivity contribution in [3.8, 4) is 0 Å². The molecule has 36 heavy (non-hydrogen) atoms. The number of nitro groups is 1. The Kier molecular flexibility index (Phi) is 6.29. The standard InChI is InChI=1S/C26H19ClN6O3/c27-20-12-10-19(11-13-20)23-16-22(18-6-2-1-3-7-18)28-26-30-25(31-32(23)26)29-24(34)14-9-17-5-4-8-21(15-17)33(35)36/h1-16,23H,(H2,28,29,30,31,34). The third kappa shape index (κ3) is 5.01. The largest absolute Gasteiger partial charge is 0.324 e. The molecule has 9 nitrogen and oxygen atoms in total. The summed E-state index contributed by atoms with van der Waals surface area (Å²) in [6, 6.07) is 23.0. The summed E-state index contributed by atoms with van der Waals surface area (Å²) in [6.07, 6.45) is 4.80. The number of nitrogens with zero attached hydrogens (tertiary/aromatic N) is 4. The summed E-state index contributed by atoms with van der Waals surface area (Å²) in [6.45, 7) is 0. The molecule has 2 N–H and O–H groups in total. The Morgan fingerprint density at radius 3 is 2.61 bits per heavy atom. The lowest BCUT2D eigenvalue weighted by molar-refractivity contribution is -0.384. The Balaban J connectivity index is 1.40. The Hall–Kier alpha value is -4.76. The number of carbonyl (C=O) groups excluding carboxylic acids is 1. The Morgan fingerprint density at radius 2 is 1.86 bits per heavy atom. The number of amides is 1. The highest BCUT2D eigenvalue weighted by molar-refractivity contribution is 6.30. The van der Waals surface area contributed by atoms with Crippen molar-refractivity contribution in [2.45, 2.75) is 6.04 Å². The van der Waals surface area contributed by atoms with Crippen LogP contribution in [-0.4, -0.2) is 25.6 Å². The maximum Gasteiger partial charge on any atom is 0.270 e. The fraction of sp³-hybridized carbons (Fsp3) is 0.0385. The summed E-state index contributed by atoms with van der Waals surface area (Å²) in [5, 5.41) is 22.0.